The Kier molecular flexibility index (Phi) is 11.6. The summed E-state index contributed by atoms with van der Waals surface area (Å²) in [5, 5.41) is 9.47. The summed E-state index contributed by atoms with van der Waals surface area (Å²) in [5.41, 5.74) is 2.47. The smallest absolute Gasteiger partial charge is 0.243 e. The van der Waals surface area contributed by atoms with Crippen molar-refractivity contribution in [3.8, 4) is 5.75 Å². The summed E-state index contributed by atoms with van der Waals surface area (Å²) < 4.78 is 5.87. The molecule has 0 fully saturated rings. The van der Waals surface area contributed by atoms with Crippen LogP contribution < -0.4 is 20.7 Å². The molecule has 3 N–H and O–H groups in total. The molecule has 214 valence electrons. The molecule has 0 aliphatic rings. The number of carbonyl (C=O) groups is 2. The van der Waals surface area contributed by atoms with Crippen molar-refractivity contribution < 1.29 is 14.3 Å². The number of carbonyl (C=O) groups excluding carboxylic acids is 2. The van der Waals surface area contributed by atoms with E-state index in [4.69, 9.17) is 4.74 Å². The van der Waals surface area contributed by atoms with Crippen LogP contribution in [0.3, 0.4) is 0 Å². The van der Waals surface area contributed by atoms with E-state index in [0.717, 1.165) is 28.9 Å². The zero-order valence-electron chi connectivity index (χ0n) is 24.3. The van der Waals surface area contributed by atoms with Crippen molar-refractivity contribution in [1.82, 2.24) is 25.9 Å². The van der Waals surface area contributed by atoms with E-state index < -0.39 is 17.6 Å². The van der Waals surface area contributed by atoms with Crippen molar-refractivity contribution >= 4 is 11.8 Å². The second-order valence-corrected chi connectivity index (χ2v) is 11.5. The third-order valence-electron chi connectivity index (χ3n) is 6.24. The van der Waals surface area contributed by atoms with Crippen LogP contribution in [0.5, 0.6) is 5.75 Å². The molecular formula is C32H43N5O3. The summed E-state index contributed by atoms with van der Waals surface area (Å²) in [6.07, 6.45) is 8.75. The van der Waals surface area contributed by atoms with Gasteiger partial charge in [-0.3, -0.25) is 19.6 Å². The summed E-state index contributed by atoms with van der Waals surface area (Å²) in [4.78, 5) is 35.1. The molecule has 0 spiro atoms. The van der Waals surface area contributed by atoms with Gasteiger partial charge in [0.1, 0.15) is 18.4 Å². The van der Waals surface area contributed by atoms with Crippen LogP contribution in [0.15, 0.2) is 73.3 Å². The van der Waals surface area contributed by atoms with Gasteiger partial charge in [0.25, 0.3) is 0 Å². The first-order valence-corrected chi connectivity index (χ1v) is 13.9. The van der Waals surface area contributed by atoms with E-state index in [1.807, 2.05) is 69.3 Å². The molecule has 2 atom stereocenters. The number of ether oxygens (including phenoxy) is 1. The summed E-state index contributed by atoms with van der Waals surface area (Å²) in [7, 11) is 0. The second kappa shape index (κ2) is 15.1. The Morgan fingerprint density at radius 2 is 1.50 bits per heavy atom. The van der Waals surface area contributed by atoms with E-state index in [1.165, 1.54) is 0 Å². The summed E-state index contributed by atoms with van der Waals surface area (Å²) in [5.74, 6) is 0.812. The third-order valence-corrected chi connectivity index (χ3v) is 6.24. The lowest BCUT2D eigenvalue weighted by Crippen LogP contribution is -2.56. The quantitative estimate of drug-likeness (QED) is 0.280. The highest BCUT2D eigenvalue weighted by Gasteiger charge is 2.28. The van der Waals surface area contributed by atoms with E-state index in [-0.39, 0.29) is 11.8 Å². The number of pyridine rings is 2. The Labute approximate surface area is 238 Å². The Hall–Kier alpha value is -3.78. The number of aromatic nitrogens is 2. The topological polar surface area (TPSA) is 105 Å². The predicted octanol–water partition coefficient (Wildman–Crippen LogP) is 4.24. The van der Waals surface area contributed by atoms with Crippen LogP contribution in [0.25, 0.3) is 0 Å². The molecule has 8 heteroatoms. The van der Waals surface area contributed by atoms with Gasteiger partial charge >= 0.3 is 0 Å². The normalized spacial score (nSPS) is 12.9. The molecular weight excluding hydrogens is 502 g/mol. The van der Waals surface area contributed by atoms with Gasteiger partial charge in [-0.1, -0.05) is 32.0 Å². The maximum Gasteiger partial charge on any atom is 0.243 e. The number of nitrogens with one attached hydrogen (secondary N) is 3. The van der Waals surface area contributed by atoms with E-state index >= 15 is 0 Å². The zero-order valence-corrected chi connectivity index (χ0v) is 24.3. The highest BCUT2D eigenvalue weighted by atomic mass is 16.5. The van der Waals surface area contributed by atoms with Crippen molar-refractivity contribution in [3.05, 3.63) is 90.0 Å². The number of hydrogen-bond donors (Lipinski definition) is 3. The van der Waals surface area contributed by atoms with Crippen molar-refractivity contribution in [3.63, 3.8) is 0 Å². The van der Waals surface area contributed by atoms with Gasteiger partial charge in [-0.15, -0.1) is 0 Å². The first kappa shape index (κ1) is 30.8. The van der Waals surface area contributed by atoms with Crippen LogP contribution in [0, 0.1) is 5.92 Å². The first-order chi connectivity index (χ1) is 19.1. The maximum absolute atomic E-state index is 13.6. The predicted molar refractivity (Wildman–Crippen MR) is 158 cm³/mol. The minimum Gasteiger partial charge on any atom is -0.489 e. The fraction of sp³-hybridized carbons (Fsp3) is 0.438. The highest BCUT2D eigenvalue weighted by Crippen LogP contribution is 2.16. The average Bonchev–Trinajstić information content (AvgIpc) is 2.91. The number of nitrogens with zero attached hydrogens (tertiary/aromatic N) is 2. The summed E-state index contributed by atoms with van der Waals surface area (Å²) >= 11 is 0. The molecule has 3 aromatic rings. The standard InChI is InChI=1S/C32H43N5O3/c1-23(2)12-18-35-28(19-25-13-16-33-17-14-25)30(38)36-29(31(39)37-32(3,4)5)20-24-8-10-27(11-9-24)40-22-26-7-6-15-34-21-26/h6-11,13-17,21,23,28-29,35H,12,18-20,22H2,1-5H3,(H,36,38)(H,37,39). The Bertz CT molecular complexity index is 1180. The molecule has 2 unspecified atom stereocenters. The molecule has 2 aromatic heterocycles. The minimum atomic E-state index is -0.735. The van der Waals surface area contributed by atoms with Gasteiger partial charge in [0, 0.05) is 42.3 Å². The Morgan fingerprint density at radius 3 is 2.12 bits per heavy atom. The van der Waals surface area contributed by atoms with E-state index in [1.54, 1.807) is 24.8 Å². The van der Waals surface area contributed by atoms with Gasteiger partial charge in [0.05, 0.1) is 6.04 Å². The SMILES string of the molecule is CC(C)CCNC(Cc1ccncc1)C(=O)NC(Cc1ccc(OCc2cccnc2)cc1)C(=O)NC(C)(C)C. The lowest BCUT2D eigenvalue weighted by atomic mass is 10.0. The molecule has 0 saturated carbocycles. The van der Waals surface area contributed by atoms with Crippen molar-refractivity contribution in [1.29, 1.82) is 0 Å². The summed E-state index contributed by atoms with van der Waals surface area (Å²) in [6.45, 7) is 11.2. The molecule has 0 bridgehead atoms. The van der Waals surface area contributed by atoms with E-state index in [2.05, 4.69) is 39.8 Å². The van der Waals surface area contributed by atoms with Crippen LogP contribution in [0.1, 0.15) is 57.7 Å². The van der Waals surface area contributed by atoms with Crippen LogP contribution in [-0.2, 0) is 29.0 Å². The summed E-state index contributed by atoms with van der Waals surface area (Å²) in [6, 6.07) is 14.1. The van der Waals surface area contributed by atoms with E-state index in [9.17, 15) is 9.59 Å². The third kappa shape index (κ3) is 11.1. The maximum atomic E-state index is 13.6. The Morgan fingerprint density at radius 1 is 0.825 bits per heavy atom. The van der Waals surface area contributed by atoms with Gasteiger partial charge in [-0.2, -0.15) is 0 Å². The van der Waals surface area contributed by atoms with Gasteiger partial charge in [0.15, 0.2) is 0 Å². The number of rotatable bonds is 14. The average molecular weight is 546 g/mol. The Balaban J connectivity index is 1.71. The van der Waals surface area contributed by atoms with Crippen LogP contribution >= 0.6 is 0 Å². The first-order valence-electron chi connectivity index (χ1n) is 13.9. The van der Waals surface area contributed by atoms with E-state index in [0.29, 0.717) is 31.9 Å². The van der Waals surface area contributed by atoms with Gasteiger partial charge in [-0.25, -0.2) is 0 Å². The van der Waals surface area contributed by atoms with Gasteiger partial charge in [-0.05, 0) is 87.5 Å². The minimum absolute atomic E-state index is 0.203. The van der Waals surface area contributed by atoms with Gasteiger partial charge < -0.3 is 20.7 Å². The lowest BCUT2D eigenvalue weighted by Gasteiger charge is -2.27. The van der Waals surface area contributed by atoms with Gasteiger partial charge in [0.2, 0.25) is 11.8 Å². The molecule has 0 saturated heterocycles. The van der Waals surface area contributed by atoms with Crippen LogP contribution in [-0.4, -0.2) is 45.9 Å². The monoisotopic (exact) mass is 545 g/mol. The lowest BCUT2D eigenvalue weighted by molar-refractivity contribution is -0.130. The zero-order chi connectivity index (χ0) is 29.0. The molecule has 2 amide bonds. The van der Waals surface area contributed by atoms with Crippen molar-refractivity contribution in [2.75, 3.05) is 6.54 Å². The molecule has 0 radical (unpaired) electrons. The molecule has 8 nitrogen and oxygen atoms in total. The molecule has 3 rings (SSSR count). The van der Waals surface area contributed by atoms with Crippen molar-refractivity contribution in [2.45, 2.75) is 78.1 Å². The molecule has 40 heavy (non-hydrogen) atoms. The largest absolute Gasteiger partial charge is 0.489 e. The van der Waals surface area contributed by atoms with Crippen LogP contribution in [0.2, 0.25) is 0 Å². The molecule has 0 aliphatic heterocycles. The second-order valence-electron chi connectivity index (χ2n) is 11.5. The number of amides is 2. The van der Waals surface area contributed by atoms with Crippen LogP contribution in [0.4, 0.5) is 0 Å². The molecule has 1 aromatic carbocycles. The number of benzene rings is 1. The molecule has 2 heterocycles. The number of hydrogen-bond acceptors (Lipinski definition) is 6. The highest BCUT2D eigenvalue weighted by molar-refractivity contribution is 5.90. The van der Waals surface area contributed by atoms with Crippen molar-refractivity contribution in [2.24, 2.45) is 5.92 Å². The molecule has 0 aliphatic carbocycles. The fourth-order valence-electron chi connectivity index (χ4n) is 4.10. The fourth-order valence-corrected chi connectivity index (χ4v) is 4.10.